The van der Waals surface area contributed by atoms with Gasteiger partial charge in [0.15, 0.2) is 0 Å². The van der Waals surface area contributed by atoms with Gasteiger partial charge >= 0.3 is 0 Å². The molecule has 1 atom stereocenters. The highest BCUT2D eigenvalue weighted by Crippen LogP contribution is 2.33. The maximum atomic E-state index is 5.78. The van der Waals surface area contributed by atoms with Crippen LogP contribution < -0.4 is 9.64 Å². The summed E-state index contributed by atoms with van der Waals surface area (Å²) in [5.41, 5.74) is 4.26. The summed E-state index contributed by atoms with van der Waals surface area (Å²) < 4.78 is 5.78. The number of fused-ring (bicyclic) bond motifs is 1. The molecular formula is C23H24N2O. The zero-order chi connectivity index (χ0) is 17.8. The van der Waals surface area contributed by atoms with Gasteiger partial charge in [0.1, 0.15) is 5.75 Å². The number of rotatable bonds is 5. The van der Waals surface area contributed by atoms with Crippen molar-refractivity contribution in [1.29, 1.82) is 0 Å². The Kier molecular flexibility index (Phi) is 4.87. The van der Waals surface area contributed by atoms with E-state index in [1.54, 1.807) is 6.20 Å². The van der Waals surface area contributed by atoms with Crippen LogP contribution in [0.1, 0.15) is 29.9 Å². The first-order valence-electron chi connectivity index (χ1n) is 9.27. The van der Waals surface area contributed by atoms with E-state index in [1.807, 2.05) is 30.3 Å². The van der Waals surface area contributed by atoms with Crippen LogP contribution in [0.2, 0.25) is 0 Å². The molecule has 1 heterocycles. The molecule has 0 aliphatic heterocycles. The summed E-state index contributed by atoms with van der Waals surface area (Å²) in [6.45, 7) is 1.04. The monoisotopic (exact) mass is 344 g/mol. The van der Waals surface area contributed by atoms with Crippen LogP contribution in [0, 0.1) is 0 Å². The van der Waals surface area contributed by atoms with Crippen LogP contribution >= 0.6 is 0 Å². The number of aryl methyl sites for hydroxylation is 1. The van der Waals surface area contributed by atoms with Crippen molar-refractivity contribution < 1.29 is 4.74 Å². The second-order valence-corrected chi connectivity index (χ2v) is 6.93. The van der Waals surface area contributed by atoms with Crippen LogP contribution in [0.25, 0.3) is 0 Å². The van der Waals surface area contributed by atoms with E-state index >= 15 is 0 Å². The normalized spacial score (nSPS) is 16.0. The summed E-state index contributed by atoms with van der Waals surface area (Å²) in [4.78, 5) is 6.54. The predicted molar refractivity (Wildman–Crippen MR) is 106 cm³/mol. The minimum absolute atomic E-state index is 0.606. The van der Waals surface area contributed by atoms with Crippen molar-refractivity contribution in [2.24, 2.45) is 0 Å². The molecular weight excluding hydrogens is 320 g/mol. The number of anilines is 1. The number of hydrogen-bond donors (Lipinski definition) is 0. The minimum atomic E-state index is 0.606. The van der Waals surface area contributed by atoms with Gasteiger partial charge in [0, 0.05) is 37.5 Å². The summed E-state index contributed by atoms with van der Waals surface area (Å²) in [6, 6.07) is 22.8. The van der Waals surface area contributed by atoms with E-state index in [0.29, 0.717) is 11.8 Å². The van der Waals surface area contributed by atoms with Gasteiger partial charge in [-0.05, 0) is 60.7 Å². The molecule has 132 valence electrons. The molecule has 3 aromatic rings. The Morgan fingerprint density at radius 1 is 1.00 bits per heavy atom. The van der Waals surface area contributed by atoms with Crippen molar-refractivity contribution in [2.45, 2.75) is 25.2 Å². The fourth-order valence-corrected chi connectivity index (χ4v) is 3.78. The fraction of sp³-hybridized carbons (Fsp3) is 0.261. The highest BCUT2D eigenvalue weighted by atomic mass is 16.5. The second-order valence-electron chi connectivity index (χ2n) is 6.93. The molecule has 1 aromatic heterocycles. The van der Waals surface area contributed by atoms with Crippen molar-refractivity contribution in [3.8, 4) is 11.6 Å². The highest BCUT2D eigenvalue weighted by molar-refractivity contribution is 5.49. The first-order chi connectivity index (χ1) is 12.8. The van der Waals surface area contributed by atoms with E-state index in [9.17, 15) is 0 Å². The molecule has 0 bridgehead atoms. The van der Waals surface area contributed by atoms with Crippen LogP contribution in [-0.4, -0.2) is 18.6 Å². The maximum absolute atomic E-state index is 5.78. The number of likely N-dealkylation sites (N-methyl/N-ethyl adjacent to an activating group) is 1. The molecule has 0 saturated carbocycles. The van der Waals surface area contributed by atoms with E-state index in [1.165, 1.54) is 36.1 Å². The van der Waals surface area contributed by atoms with Crippen LogP contribution in [0.5, 0.6) is 11.6 Å². The Bertz CT molecular complexity index is 846. The van der Waals surface area contributed by atoms with Gasteiger partial charge in [-0.25, -0.2) is 4.98 Å². The molecule has 1 aliphatic rings. The van der Waals surface area contributed by atoms with Gasteiger partial charge in [-0.3, -0.25) is 0 Å². The van der Waals surface area contributed by atoms with Crippen LogP contribution in [0.3, 0.4) is 0 Å². The SMILES string of the molecule is CN(CC1CCCc2ccccc21)c1ccc(Oc2ccccn2)cc1. The van der Waals surface area contributed by atoms with Gasteiger partial charge in [-0.15, -0.1) is 0 Å². The Balaban J connectivity index is 1.43. The van der Waals surface area contributed by atoms with Gasteiger partial charge in [0.05, 0.1) is 0 Å². The van der Waals surface area contributed by atoms with Crippen LogP contribution in [0.4, 0.5) is 5.69 Å². The average molecular weight is 344 g/mol. The maximum Gasteiger partial charge on any atom is 0.219 e. The molecule has 1 unspecified atom stereocenters. The van der Waals surface area contributed by atoms with Crippen molar-refractivity contribution in [2.75, 3.05) is 18.5 Å². The second kappa shape index (κ2) is 7.61. The third kappa shape index (κ3) is 3.72. The molecule has 0 N–H and O–H groups in total. The van der Waals surface area contributed by atoms with Gasteiger partial charge < -0.3 is 9.64 Å². The Hall–Kier alpha value is -2.81. The summed E-state index contributed by atoms with van der Waals surface area (Å²) >= 11 is 0. The molecule has 1 aliphatic carbocycles. The van der Waals surface area contributed by atoms with Crippen molar-refractivity contribution in [1.82, 2.24) is 4.98 Å². The lowest BCUT2D eigenvalue weighted by atomic mass is 9.82. The van der Waals surface area contributed by atoms with Gasteiger partial charge in [0.2, 0.25) is 5.88 Å². The zero-order valence-corrected chi connectivity index (χ0v) is 15.1. The molecule has 0 radical (unpaired) electrons. The Morgan fingerprint density at radius 2 is 1.81 bits per heavy atom. The third-order valence-electron chi connectivity index (χ3n) is 5.13. The van der Waals surface area contributed by atoms with Gasteiger partial charge in [-0.2, -0.15) is 0 Å². The molecule has 3 nitrogen and oxygen atoms in total. The summed E-state index contributed by atoms with van der Waals surface area (Å²) in [7, 11) is 2.17. The molecule has 0 saturated heterocycles. The van der Waals surface area contributed by atoms with E-state index in [0.717, 1.165) is 12.3 Å². The summed E-state index contributed by atoms with van der Waals surface area (Å²) in [5.74, 6) is 2.03. The van der Waals surface area contributed by atoms with Crippen LogP contribution in [-0.2, 0) is 6.42 Å². The highest BCUT2D eigenvalue weighted by Gasteiger charge is 2.21. The molecule has 4 rings (SSSR count). The van der Waals surface area contributed by atoms with Crippen molar-refractivity contribution in [3.63, 3.8) is 0 Å². The number of aromatic nitrogens is 1. The van der Waals surface area contributed by atoms with E-state index in [2.05, 4.69) is 53.3 Å². The first-order valence-corrected chi connectivity index (χ1v) is 9.27. The number of nitrogens with zero attached hydrogens (tertiary/aromatic N) is 2. The number of benzene rings is 2. The number of hydrogen-bond acceptors (Lipinski definition) is 3. The van der Waals surface area contributed by atoms with Crippen molar-refractivity contribution >= 4 is 5.69 Å². The van der Waals surface area contributed by atoms with Gasteiger partial charge in [0.25, 0.3) is 0 Å². The summed E-state index contributed by atoms with van der Waals surface area (Å²) in [5, 5.41) is 0. The smallest absolute Gasteiger partial charge is 0.219 e. The molecule has 3 heteroatoms. The van der Waals surface area contributed by atoms with E-state index < -0.39 is 0 Å². The number of ether oxygens (including phenoxy) is 1. The third-order valence-corrected chi connectivity index (χ3v) is 5.13. The fourth-order valence-electron chi connectivity index (χ4n) is 3.78. The minimum Gasteiger partial charge on any atom is -0.439 e. The Labute approximate surface area is 155 Å². The zero-order valence-electron chi connectivity index (χ0n) is 15.1. The molecule has 0 spiro atoms. The Morgan fingerprint density at radius 3 is 2.62 bits per heavy atom. The standard InChI is InChI=1S/C23H24N2O/c1-25(17-19-9-6-8-18-7-2-3-10-22(18)19)20-12-14-21(15-13-20)26-23-11-4-5-16-24-23/h2-5,7,10-16,19H,6,8-9,17H2,1H3. The van der Waals surface area contributed by atoms with E-state index in [4.69, 9.17) is 4.74 Å². The molecule has 26 heavy (non-hydrogen) atoms. The van der Waals surface area contributed by atoms with Gasteiger partial charge in [-0.1, -0.05) is 30.3 Å². The molecule has 0 fully saturated rings. The lowest BCUT2D eigenvalue weighted by molar-refractivity contribution is 0.463. The summed E-state index contributed by atoms with van der Waals surface area (Å²) in [6.07, 6.45) is 5.50. The van der Waals surface area contributed by atoms with E-state index in [-0.39, 0.29) is 0 Å². The predicted octanol–water partition coefficient (Wildman–Crippen LogP) is 5.43. The average Bonchev–Trinajstić information content (AvgIpc) is 2.70. The molecule has 0 amide bonds. The lowest BCUT2D eigenvalue weighted by Gasteiger charge is -2.30. The quantitative estimate of drug-likeness (QED) is 0.617. The lowest BCUT2D eigenvalue weighted by Crippen LogP contribution is -2.26. The largest absolute Gasteiger partial charge is 0.439 e. The van der Waals surface area contributed by atoms with Crippen molar-refractivity contribution in [3.05, 3.63) is 84.1 Å². The molecule has 2 aromatic carbocycles. The first kappa shape index (κ1) is 16.6. The van der Waals surface area contributed by atoms with Crippen LogP contribution in [0.15, 0.2) is 72.9 Å². The topological polar surface area (TPSA) is 25.4 Å². The number of pyridine rings is 1.